The number of carboxylic acids is 1. The minimum atomic E-state index is -1.01. The standard InChI is InChI=1S/C13H12BrN3O2/c1-17(8-9-2-4-10(14)5-3-9)12-11(13(18)19)6-7-15-16-12/h2-7H,8H2,1H3,(H,18,19). The minimum Gasteiger partial charge on any atom is -0.478 e. The number of carboxylic acid groups (broad SMARTS) is 1. The zero-order valence-electron chi connectivity index (χ0n) is 10.2. The van der Waals surface area contributed by atoms with Gasteiger partial charge in [0, 0.05) is 18.1 Å². The Labute approximate surface area is 119 Å². The molecule has 0 aliphatic carbocycles. The van der Waals surface area contributed by atoms with E-state index < -0.39 is 5.97 Å². The Kier molecular flexibility index (Phi) is 4.11. The van der Waals surface area contributed by atoms with Gasteiger partial charge in [-0.1, -0.05) is 28.1 Å². The van der Waals surface area contributed by atoms with E-state index in [1.165, 1.54) is 12.3 Å². The van der Waals surface area contributed by atoms with E-state index in [0.29, 0.717) is 12.4 Å². The Balaban J connectivity index is 2.22. The number of hydrogen-bond donors (Lipinski definition) is 1. The Morgan fingerprint density at radius 2 is 2.00 bits per heavy atom. The predicted octanol–water partition coefficient (Wildman–Crippen LogP) is 2.57. The maximum atomic E-state index is 11.1. The second-order valence-corrected chi connectivity index (χ2v) is 4.97. The number of aromatic carboxylic acids is 1. The molecule has 1 heterocycles. The first-order chi connectivity index (χ1) is 9.08. The van der Waals surface area contributed by atoms with E-state index in [2.05, 4.69) is 26.1 Å². The van der Waals surface area contributed by atoms with Crippen LogP contribution in [0.15, 0.2) is 41.0 Å². The van der Waals surface area contributed by atoms with E-state index in [9.17, 15) is 4.79 Å². The normalized spacial score (nSPS) is 10.2. The number of benzene rings is 1. The van der Waals surface area contributed by atoms with Crippen LogP contribution in [0.2, 0.25) is 0 Å². The van der Waals surface area contributed by atoms with Gasteiger partial charge in [0.1, 0.15) is 5.56 Å². The summed E-state index contributed by atoms with van der Waals surface area (Å²) in [5.74, 6) is -0.648. The molecule has 0 unspecified atom stereocenters. The van der Waals surface area contributed by atoms with Gasteiger partial charge in [-0.3, -0.25) is 0 Å². The highest BCUT2D eigenvalue weighted by atomic mass is 79.9. The zero-order chi connectivity index (χ0) is 13.8. The molecule has 0 saturated carbocycles. The Hall–Kier alpha value is -1.95. The molecule has 0 saturated heterocycles. The van der Waals surface area contributed by atoms with Gasteiger partial charge in [0.05, 0.1) is 6.20 Å². The first kappa shape index (κ1) is 13.5. The van der Waals surface area contributed by atoms with Crippen LogP contribution >= 0.6 is 15.9 Å². The molecule has 0 amide bonds. The number of hydrogen-bond acceptors (Lipinski definition) is 4. The van der Waals surface area contributed by atoms with Crippen LogP contribution in [0.3, 0.4) is 0 Å². The van der Waals surface area contributed by atoms with E-state index in [4.69, 9.17) is 5.11 Å². The summed E-state index contributed by atoms with van der Waals surface area (Å²) in [4.78, 5) is 12.9. The van der Waals surface area contributed by atoms with E-state index in [0.717, 1.165) is 10.0 Å². The quantitative estimate of drug-likeness (QED) is 0.937. The molecule has 2 aromatic rings. The van der Waals surface area contributed by atoms with Gasteiger partial charge in [0.25, 0.3) is 0 Å². The molecular formula is C13H12BrN3O2. The topological polar surface area (TPSA) is 66.3 Å². The van der Waals surface area contributed by atoms with Gasteiger partial charge in [0.15, 0.2) is 5.82 Å². The zero-order valence-corrected chi connectivity index (χ0v) is 11.8. The lowest BCUT2D eigenvalue weighted by atomic mass is 10.2. The lowest BCUT2D eigenvalue weighted by Crippen LogP contribution is -2.21. The van der Waals surface area contributed by atoms with Crippen LogP contribution in [0.5, 0.6) is 0 Å². The second kappa shape index (κ2) is 5.79. The highest BCUT2D eigenvalue weighted by Gasteiger charge is 2.15. The first-order valence-corrected chi connectivity index (χ1v) is 6.38. The summed E-state index contributed by atoms with van der Waals surface area (Å²) >= 11 is 3.37. The van der Waals surface area contributed by atoms with Crippen LogP contribution < -0.4 is 4.90 Å². The molecule has 1 aromatic heterocycles. The van der Waals surface area contributed by atoms with E-state index in [-0.39, 0.29) is 5.56 Å². The average Bonchev–Trinajstić information content (AvgIpc) is 2.41. The van der Waals surface area contributed by atoms with Crippen LogP contribution in [-0.2, 0) is 6.54 Å². The SMILES string of the molecule is CN(Cc1ccc(Br)cc1)c1nnccc1C(=O)O. The van der Waals surface area contributed by atoms with E-state index >= 15 is 0 Å². The van der Waals surface area contributed by atoms with Crippen molar-refractivity contribution in [3.63, 3.8) is 0 Å². The summed E-state index contributed by atoms with van der Waals surface area (Å²) in [6.45, 7) is 0.562. The molecule has 0 spiro atoms. The lowest BCUT2D eigenvalue weighted by Gasteiger charge is -2.19. The molecule has 0 bridgehead atoms. The van der Waals surface area contributed by atoms with Crippen molar-refractivity contribution in [2.24, 2.45) is 0 Å². The Morgan fingerprint density at radius 3 is 2.63 bits per heavy atom. The third kappa shape index (κ3) is 3.29. The van der Waals surface area contributed by atoms with E-state index in [1.807, 2.05) is 24.3 Å². The largest absolute Gasteiger partial charge is 0.478 e. The fraction of sp³-hybridized carbons (Fsp3) is 0.154. The maximum Gasteiger partial charge on any atom is 0.339 e. The van der Waals surface area contributed by atoms with Crippen LogP contribution in [-0.4, -0.2) is 28.3 Å². The molecular weight excluding hydrogens is 310 g/mol. The Bertz CT molecular complexity index is 587. The summed E-state index contributed by atoms with van der Waals surface area (Å²) in [7, 11) is 1.79. The van der Waals surface area contributed by atoms with Crippen molar-refractivity contribution < 1.29 is 9.90 Å². The van der Waals surface area contributed by atoms with Crippen molar-refractivity contribution in [2.45, 2.75) is 6.54 Å². The van der Waals surface area contributed by atoms with Crippen LogP contribution in [0.1, 0.15) is 15.9 Å². The number of anilines is 1. The summed E-state index contributed by atoms with van der Waals surface area (Å²) < 4.78 is 1.00. The van der Waals surface area contributed by atoms with Gasteiger partial charge in [0.2, 0.25) is 0 Å². The molecule has 19 heavy (non-hydrogen) atoms. The molecule has 6 heteroatoms. The van der Waals surface area contributed by atoms with Crippen molar-refractivity contribution in [2.75, 3.05) is 11.9 Å². The van der Waals surface area contributed by atoms with Gasteiger partial charge in [-0.2, -0.15) is 5.10 Å². The third-order valence-electron chi connectivity index (χ3n) is 2.63. The fourth-order valence-electron chi connectivity index (χ4n) is 1.71. The number of carbonyl (C=O) groups is 1. The highest BCUT2D eigenvalue weighted by molar-refractivity contribution is 9.10. The summed E-state index contributed by atoms with van der Waals surface area (Å²) in [5, 5.41) is 16.8. The number of rotatable bonds is 4. The summed E-state index contributed by atoms with van der Waals surface area (Å²) in [5.41, 5.74) is 1.21. The van der Waals surface area contributed by atoms with E-state index in [1.54, 1.807) is 11.9 Å². The molecule has 0 radical (unpaired) electrons. The van der Waals surface area contributed by atoms with Crippen molar-refractivity contribution >= 4 is 27.7 Å². The molecule has 0 aliphatic rings. The average molecular weight is 322 g/mol. The van der Waals surface area contributed by atoms with Crippen LogP contribution in [0.4, 0.5) is 5.82 Å². The van der Waals surface area contributed by atoms with Crippen LogP contribution in [0, 0.1) is 0 Å². The molecule has 2 rings (SSSR count). The van der Waals surface area contributed by atoms with Crippen molar-refractivity contribution in [3.05, 3.63) is 52.1 Å². The number of nitrogens with zero attached hydrogens (tertiary/aromatic N) is 3. The van der Waals surface area contributed by atoms with Crippen molar-refractivity contribution in [1.82, 2.24) is 10.2 Å². The highest BCUT2D eigenvalue weighted by Crippen LogP contribution is 2.18. The van der Waals surface area contributed by atoms with Gasteiger partial charge in [-0.05, 0) is 23.8 Å². The molecule has 0 atom stereocenters. The summed E-state index contributed by atoms with van der Waals surface area (Å²) in [6.07, 6.45) is 1.38. The minimum absolute atomic E-state index is 0.148. The van der Waals surface area contributed by atoms with Crippen molar-refractivity contribution in [3.8, 4) is 0 Å². The number of halogens is 1. The monoisotopic (exact) mass is 321 g/mol. The smallest absolute Gasteiger partial charge is 0.339 e. The lowest BCUT2D eigenvalue weighted by molar-refractivity contribution is 0.0697. The molecule has 0 fully saturated rings. The number of aromatic nitrogens is 2. The first-order valence-electron chi connectivity index (χ1n) is 5.58. The maximum absolute atomic E-state index is 11.1. The van der Waals surface area contributed by atoms with Gasteiger partial charge in [-0.15, -0.1) is 5.10 Å². The van der Waals surface area contributed by atoms with Gasteiger partial charge in [-0.25, -0.2) is 4.79 Å². The predicted molar refractivity (Wildman–Crippen MR) is 75.2 cm³/mol. The van der Waals surface area contributed by atoms with Crippen LogP contribution in [0.25, 0.3) is 0 Å². The molecule has 1 N–H and O–H groups in total. The van der Waals surface area contributed by atoms with Crippen molar-refractivity contribution in [1.29, 1.82) is 0 Å². The third-order valence-corrected chi connectivity index (χ3v) is 3.15. The summed E-state index contributed by atoms with van der Waals surface area (Å²) in [6, 6.07) is 9.27. The molecule has 98 valence electrons. The second-order valence-electron chi connectivity index (χ2n) is 4.06. The van der Waals surface area contributed by atoms with Gasteiger partial charge < -0.3 is 10.0 Å². The molecule has 0 aliphatic heterocycles. The van der Waals surface area contributed by atoms with Gasteiger partial charge >= 0.3 is 5.97 Å². The Morgan fingerprint density at radius 1 is 1.32 bits per heavy atom. The fourth-order valence-corrected chi connectivity index (χ4v) is 1.98. The molecule has 5 nitrogen and oxygen atoms in total. The molecule has 1 aromatic carbocycles.